The fourth-order valence-corrected chi connectivity index (χ4v) is 3.94. The Bertz CT molecular complexity index is 898. The summed E-state index contributed by atoms with van der Waals surface area (Å²) in [5, 5.41) is 14.2. The molecule has 0 aliphatic carbocycles. The van der Waals surface area contributed by atoms with Gasteiger partial charge in [-0.2, -0.15) is 0 Å². The Morgan fingerprint density at radius 1 is 1.25 bits per heavy atom. The van der Waals surface area contributed by atoms with Gasteiger partial charge in [0.25, 0.3) is 11.6 Å². The summed E-state index contributed by atoms with van der Waals surface area (Å²) in [4.78, 5) is 26.7. The number of nitro groups is 1. The fraction of sp³-hybridized carbons (Fsp3) is 0.381. The molecular formula is C21H25N3O3S. The Kier molecular flexibility index (Phi) is 6.05. The summed E-state index contributed by atoms with van der Waals surface area (Å²) in [6.07, 6.45) is 2.86. The minimum Gasteiger partial charge on any atom is -0.350 e. The number of nitro benzene ring substituents is 1. The van der Waals surface area contributed by atoms with Gasteiger partial charge in [-0.1, -0.05) is 24.3 Å². The van der Waals surface area contributed by atoms with E-state index in [0.29, 0.717) is 6.54 Å². The summed E-state index contributed by atoms with van der Waals surface area (Å²) in [6.45, 7) is 6.35. The average Bonchev–Trinajstić information content (AvgIpc) is 2.71. The maximum absolute atomic E-state index is 12.7. The number of amides is 1. The smallest absolute Gasteiger partial charge is 0.282 e. The van der Waals surface area contributed by atoms with E-state index in [4.69, 9.17) is 0 Å². The lowest BCUT2D eigenvalue weighted by molar-refractivity contribution is -0.385. The molecule has 0 bridgehead atoms. The first-order valence-corrected chi connectivity index (χ1v) is 10.5. The zero-order valence-electron chi connectivity index (χ0n) is 16.4. The Labute approximate surface area is 169 Å². The van der Waals surface area contributed by atoms with E-state index < -0.39 is 10.8 Å². The number of hydrogen-bond acceptors (Lipinski definition) is 5. The second-order valence-corrected chi connectivity index (χ2v) is 8.46. The van der Waals surface area contributed by atoms with Gasteiger partial charge < -0.3 is 5.32 Å². The van der Waals surface area contributed by atoms with Gasteiger partial charge in [-0.15, -0.1) is 11.8 Å². The molecule has 3 rings (SSSR count). The molecule has 0 saturated carbocycles. The number of thioether (sulfide) groups is 1. The fourth-order valence-electron chi connectivity index (χ4n) is 3.50. The van der Waals surface area contributed by atoms with Gasteiger partial charge in [0.2, 0.25) is 0 Å². The SMILES string of the molecule is CSc1ccc([N+](=O)[O-])c(C(=O)NCC(C)(C)N2CCc3ccccc3C2)c1. The van der Waals surface area contributed by atoms with E-state index in [9.17, 15) is 14.9 Å². The van der Waals surface area contributed by atoms with Gasteiger partial charge in [0.1, 0.15) is 5.56 Å². The van der Waals surface area contributed by atoms with Crippen LogP contribution in [-0.4, -0.2) is 40.6 Å². The van der Waals surface area contributed by atoms with Crippen LogP contribution in [0.3, 0.4) is 0 Å². The molecule has 0 aromatic heterocycles. The topological polar surface area (TPSA) is 75.5 Å². The molecule has 2 aromatic rings. The van der Waals surface area contributed by atoms with Crippen LogP contribution in [0.4, 0.5) is 5.69 Å². The number of benzene rings is 2. The third-order valence-corrected chi connectivity index (χ3v) is 6.04. The Morgan fingerprint density at radius 3 is 2.64 bits per heavy atom. The summed E-state index contributed by atoms with van der Waals surface area (Å²) in [5.74, 6) is -0.409. The average molecular weight is 400 g/mol. The van der Waals surface area contributed by atoms with E-state index in [2.05, 4.69) is 48.3 Å². The van der Waals surface area contributed by atoms with Crippen LogP contribution in [0.15, 0.2) is 47.4 Å². The normalized spacial score (nSPS) is 14.4. The second-order valence-electron chi connectivity index (χ2n) is 7.58. The number of nitrogens with one attached hydrogen (secondary N) is 1. The van der Waals surface area contributed by atoms with E-state index in [1.807, 2.05) is 6.26 Å². The van der Waals surface area contributed by atoms with Gasteiger partial charge in [0, 0.05) is 36.1 Å². The lowest BCUT2D eigenvalue weighted by atomic mass is 9.94. The van der Waals surface area contributed by atoms with Crippen LogP contribution in [0.2, 0.25) is 0 Å². The molecule has 6 nitrogen and oxygen atoms in total. The van der Waals surface area contributed by atoms with Crippen molar-refractivity contribution in [2.75, 3.05) is 19.3 Å². The van der Waals surface area contributed by atoms with E-state index in [0.717, 1.165) is 24.4 Å². The summed E-state index contributed by atoms with van der Waals surface area (Å²) in [5.41, 5.74) is 2.37. The molecule has 0 unspecified atom stereocenters. The Hall–Kier alpha value is -2.38. The summed E-state index contributed by atoms with van der Waals surface area (Å²) in [7, 11) is 0. The van der Waals surface area contributed by atoms with E-state index in [1.165, 1.54) is 29.0 Å². The predicted molar refractivity (Wildman–Crippen MR) is 112 cm³/mol. The monoisotopic (exact) mass is 399 g/mol. The first-order valence-electron chi connectivity index (χ1n) is 9.24. The van der Waals surface area contributed by atoms with Crippen molar-refractivity contribution in [2.45, 2.75) is 37.2 Å². The van der Waals surface area contributed by atoms with Crippen molar-refractivity contribution < 1.29 is 9.72 Å². The molecule has 2 aromatic carbocycles. The summed E-state index contributed by atoms with van der Waals surface area (Å²) < 4.78 is 0. The molecule has 0 saturated heterocycles. The highest BCUT2D eigenvalue weighted by atomic mass is 32.2. The van der Waals surface area contributed by atoms with Gasteiger partial charge in [0.15, 0.2) is 0 Å². The number of nitrogens with zero attached hydrogens (tertiary/aromatic N) is 2. The van der Waals surface area contributed by atoms with Crippen molar-refractivity contribution in [1.82, 2.24) is 10.2 Å². The van der Waals surface area contributed by atoms with Gasteiger partial charge in [-0.05, 0) is 49.8 Å². The zero-order valence-corrected chi connectivity index (χ0v) is 17.2. The van der Waals surface area contributed by atoms with Gasteiger partial charge in [0.05, 0.1) is 4.92 Å². The third-order valence-electron chi connectivity index (χ3n) is 5.31. The molecule has 0 fully saturated rings. The van der Waals surface area contributed by atoms with Crippen LogP contribution in [-0.2, 0) is 13.0 Å². The van der Waals surface area contributed by atoms with Crippen molar-refractivity contribution >= 4 is 23.4 Å². The highest BCUT2D eigenvalue weighted by molar-refractivity contribution is 7.98. The quantitative estimate of drug-likeness (QED) is 0.453. The lowest BCUT2D eigenvalue weighted by Crippen LogP contribution is -2.53. The van der Waals surface area contributed by atoms with Crippen molar-refractivity contribution in [3.63, 3.8) is 0 Å². The molecule has 0 spiro atoms. The number of rotatable bonds is 6. The summed E-state index contributed by atoms with van der Waals surface area (Å²) in [6, 6.07) is 13.1. The van der Waals surface area contributed by atoms with E-state index in [-0.39, 0.29) is 16.8 Å². The van der Waals surface area contributed by atoms with Crippen LogP contribution in [0, 0.1) is 10.1 Å². The van der Waals surface area contributed by atoms with Crippen molar-refractivity contribution in [3.05, 3.63) is 69.3 Å². The summed E-state index contributed by atoms with van der Waals surface area (Å²) >= 11 is 1.45. The van der Waals surface area contributed by atoms with Crippen LogP contribution in [0.25, 0.3) is 0 Å². The maximum atomic E-state index is 12.7. The van der Waals surface area contributed by atoms with Gasteiger partial charge >= 0.3 is 0 Å². The van der Waals surface area contributed by atoms with Gasteiger partial charge in [-0.25, -0.2) is 0 Å². The van der Waals surface area contributed by atoms with Crippen LogP contribution in [0.1, 0.15) is 35.3 Å². The van der Waals surface area contributed by atoms with E-state index >= 15 is 0 Å². The molecule has 1 heterocycles. The maximum Gasteiger partial charge on any atom is 0.282 e. The Morgan fingerprint density at radius 2 is 1.96 bits per heavy atom. The molecule has 1 amide bonds. The van der Waals surface area contributed by atoms with Crippen molar-refractivity contribution in [2.24, 2.45) is 0 Å². The molecule has 148 valence electrons. The van der Waals surface area contributed by atoms with Crippen LogP contribution < -0.4 is 5.32 Å². The molecule has 0 radical (unpaired) electrons. The Balaban J connectivity index is 1.71. The minimum absolute atomic E-state index is 0.108. The number of fused-ring (bicyclic) bond motifs is 1. The largest absolute Gasteiger partial charge is 0.350 e. The highest BCUT2D eigenvalue weighted by Gasteiger charge is 2.31. The molecule has 1 N–H and O–H groups in total. The predicted octanol–water partition coefficient (Wildman–Crippen LogP) is 3.88. The minimum atomic E-state index is -0.508. The number of hydrogen-bond donors (Lipinski definition) is 1. The molecule has 1 aliphatic heterocycles. The first-order chi connectivity index (χ1) is 13.3. The molecule has 0 atom stereocenters. The number of carbonyl (C=O) groups excluding carboxylic acids is 1. The molecule has 1 aliphatic rings. The van der Waals surface area contributed by atoms with Crippen molar-refractivity contribution in [1.29, 1.82) is 0 Å². The zero-order chi connectivity index (χ0) is 20.3. The van der Waals surface area contributed by atoms with Gasteiger partial charge in [-0.3, -0.25) is 19.8 Å². The standard InChI is InChI=1S/C21H25N3O3S/c1-21(2,23-11-10-15-6-4-5-7-16(15)13-23)14-22-20(25)18-12-17(28-3)8-9-19(18)24(26)27/h4-9,12H,10-11,13-14H2,1-3H3,(H,22,25). The molecule has 28 heavy (non-hydrogen) atoms. The second kappa shape index (κ2) is 8.32. The van der Waals surface area contributed by atoms with Crippen molar-refractivity contribution in [3.8, 4) is 0 Å². The van der Waals surface area contributed by atoms with Crippen LogP contribution in [0.5, 0.6) is 0 Å². The third kappa shape index (κ3) is 4.36. The lowest BCUT2D eigenvalue weighted by Gasteiger charge is -2.41. The van der Waals surface area contributed by atoms with Crippen LogP contribution >= 0.6 is 11.8 Å². The molecular weight excluding hydrogens is 374 g/mol. The van der Waals surface area contributed by atoms with E-state index in [1.54, 1.807) is 12.1 Å². The highest BCUT2D eigenvalue weighted by Crippen LogP contribution is 2.27. The molecule has 7 heteroatoms. The first kappa shape index (κ1) is 20.4. The number of carbonyl (C=O) groups is 1.